The zero-order valence-electron chi connectivity index (χ0n) is 12.4. The lowest BCUT2D eigenvalue weighted by molar-refractivity contribution is 0.220. The first-order valence-corrected chi connectivity index (χ1v) is 8.60. The summed E-state index contributed by atoms with van der Waals surface area (Å²) in [5, 5.41) is 10.3. The Kier molecular flexibility index (Phi) is 5.93. The van der Waals surface area contributed by atoms with E-state index >= 15 is 0 Å². The summed E-state index contributed by atoms with van der Waals surface area (Å²) < 4.78 is 23.0. The Morgan fingerprint density at radius 2 is 1.52 bits per heavy atom. The fourth-order valence-corrected chi connectivity index (χ4v) is 2.51. The molecule has 1 unspecified atom stereocenters. The van der Waals surface area contributed by atoms with Gasteiger partial charge in [0.25, 0.3) is 0 Å². The molecule has 0 fully saturated rings. The van der Waals surface area contributed by atoms with Crippen molar-refractivity contribution in [2.24, 2.45) is 0 Å². The van der Waals surface area contributed by atoms with Crippen LogP contribution in [0.1, 0.15) is 31.1 Å². The molecule has 0 radical (unpaired) electrons. The van der Waals surface area contributed by atoms with Gasteiger partial charge in [-0.15, -0.1) is 0 Å². The van der Waals surface area contributed by atoms with Crippen LogP contribution < -0.4 is 5.73 Å². The minimum absolute atomic E-state index is 0.188. The van der Waals surface area contributed by atoms with E-state index in [1.165, 1.54) is 12.1 Å². The van der Waals surface area contributed by atoms with Crippen LogP contribution in [0.15, 0.2) is 53.4 Å². The van der Waals surface area contributed by atoms with Crippen LogP contribution in [0.3, 0.4) is 0 Å². The quantitative estimate of drug-likeness (QED) is 0.854. The molecule has 0 amide bonds. The number of nitrogens with two attached hydrogens (primary N) is 1. The molecule has 2 aromatic carbocycles. The molecule has 0 saturated heterocycles. The minimum atomic E-state index is -3.28. The van der Waals surface area contributed by atoms with E-state index in [0.717, 1.165) is 6.26 Å². The van der Waals surface area contributed by atoms with E-state index in [0.29, 0.717) is 16.8 Å². The summed E-state index contributed by atoms with van der Waals surface area (Å²) >= 11 is 0. The van der Waals surface area contributed by atoms with Gasteiger partial charge < -0.3 is 10.8 Å². The second-order valence-electron chi connectivity index (χ2n) is 4.42. The van der Waals surface area contributed by atoms with Crippen molar-refractivity contribution < 1.29 is 13.5 Å². The van der Waals surface area contributed by atoms with E-state index in [2.05, 4.69) is 0 Å². The Morgan fingerprint density at radius 1 is 1.00 bits per heavy atom. The number of hydrogen-bond acceptors (Lipinski definition) is 4. The molecule has 0 aliphatic rings. The molecule has 0 saturated carbocycles. The molecule has 0 aliphatic heterocycles. The molecule has 2 aromatic rings. The number of hydrogen-bond donors (Lipinski definition) is 2. The minimum Gasteiger partial charge on any atom is -0.399 e. The van der Waals surface area contributed by atoms with Crippen LogP contribution in [0.5, 0.6) is 0 Å². The molecule has 3 N–H and O–H groups in total. The molecule has 21 heavy (non-hydrogen) atoms. The number of sulfone groups is 1. The van der Waals surface area contributed by atoms with Gasteiger partial charge in [0, 0.05) is 11.9 Å². The molecule has 4 nitrogen and oxygen atoms in total. The van der Waals surface area contributed by atoms with Crippen LogP contribution in [0.4, 0.5) is 5.69 Å². The summed E-state index contributed by atoms with van der Waals surface area (Å²) in [6.07, 6.45) is 0.240. The predicted molar refractivity (Wildman–Crippen MR) is 85.8 cm³/mol. The van der Waals surface area contributed by atoms with Gasteiger partial charge in [-0.05, 0) is 35.4 Å². The van der Waals surface area contributed by atoms with E-state index < -0.39 is 15.9 Å². The van der Waals surface area contributed by atoms with Crippen molar-refractivity contribution in [1.29, 1.82) is 0 Å². The zero-order chi connectivity index (χ0) is 16.0. The van der Waals surface area contributed by atoms with Gasteiger partial charge in [-0.2, -0.15) is 0 Å². The van der Waals surface area contributed by atoms with Crippen molar-refractivity contribution in [2.75, 3.05) is 12.0 Å². The van der Waals surface area contributed by atoms with Crippen LogP contribution in [-0.4, -0.2) is 19.8 Å². The predicted octanol–water partition coefficient (Wildman–Crippen LogP) is 2.78. The van der Waals surface area contributed by atoms with Gasteiger partial charge in [0.15, 0.2) is 9.84 Å². The highest BCUT2D eigenvalue weighted by Crippen LogP contribution is 2.25. The first-order chi connectivity index (χ1) is 9.88. The van der Waals surface area contributed by atoms with Gasteiger partial charge >= 0.3 is 0 Å². The normalized spacial score (nSPS) is 12.2. The number of aliphatic hydroxyl groups is 1. The van der Waals surface area contributed by atoms with Gasteiger partial charge in [0.1, 0.15) is 6.10 Å². The Bertz CT molecular complexity index is 696. The average molecular weight is 307 g/mol. The third kappa shape index (κ3) is 4.58. The van der Waals surface area contributed by atoms with E-state index in [1.54, 1.807) is 36.4 Å². The lowest BCUT2D eigenvalue weighted by atomic mass is 10.0. The maximum atomic E-state index is 11.5. The number of anilines is 1. The summed E-state index contributed by atoms with van der Waals surface area (Å²) in [5.74, 6) is 0. The summed E-state index contributed by atoms with van der Waals surface area (Å²) in [5.41, 5.74) is 7.37. The van der Waals surface area contributed by atoms with Crippen molar-refractivity contribution in [1.82, 2.24) is 0 Å². The summed E-state index contributed by atoms with van der Waals surface area (Å²) in [6.45, 7) is 4.00. The fourth-order valence-electron chi connectivity index (χ4n) is 1.84. The van der Waals surface area contributed by atoms with E-state index in [4.69, 9.17) is 5.73 Å². The molecule has 1 atom stereocenters. The topological polar surface area (TPSA) is 80.4 Å². The fraction of sp³-hybridized carbons (Fsp3) is 0.250. The van der Waals surface area contributed by atoms with E-state index in [-0.39, 0.29) is 4.90 Å². The highest BCUT2D eigenvalue weighted by atomic mass is 32.2. The van der Waals surface area contributed by atoms with Crippen LogP contribution >= 0.6 is 0 Å². The lowest BCUT2D eigenvalue weighted by Gasteiger charge is -2.13. The maximum Gasteiger partial charge on any atom is 0.175 e. The molecule has 0 aromatic heterocycles. The molecule has 5 heteroatoms. The zero-order valence-corrected chi connectivity index (χ0v) is 13.3. The molecule has 0 heterocycles. The lowest BCUT2D eigenvalue weighted by Crippen LogP contribution is -2.03. The first-order valence-electron chi connectivity index (χ1n) is 6.71. The second-order valence-corrected chi connectivity index (χ2v) is 6.43. The molecule has 0 aliphatic carbocycles. The van der Waals surface area contributed by atoms with Crippen molar-refractivity contribution in [3.8, 4) is 0 Å². The Hall–Kier alpha value is -1.85. The van der Waals surface area contributed by atoms with E-state index in [9.17, 15) is 13.5 Å². The van der Waals surface area contributed by atoms with Gasteiger partial charge in [-0.1, -0.05) is 38.1 Å². The summed E-state index contributed by atoms with van der Waals surface area (Å²) in [4.78, 5) is 0.188. The van der Waals surface area contributed by atoms with Gasteiger partial charge in [-0.3, -0.25) is 0 Å². The van der Waals surface area contributed by atoms with Crippen molar-refractivity contribution in [3.05, 3.63) is 59.7 Å². The van der Waals surface area contributed by atoms with Gasteiger partial charge in [0.2, 0.25) is 0 Å². The van der Waals surface area contributed by atoms with Crippen LogP contribution in [0.25, 0.3) is 0 Å². The van der Waals surface area contributed by atoms with Crippen molar-refractivity contribution in [3.63, 3.8) is 0 Å². The van der Waals surface area contributed by atoms with Gasteiger partial charge in [-0.25, -0.2) is 8.42 Å². The summed E-state index contributed by atoms with van der Waals surface area (Å²) in [7, 11) is -3.28. The first kappa shape index (κ1) is 17.2. The molecule has 114 valence electrons. The smallest absolute Gasteiger partial charge is 0.175 e. The highest BCUT2D eigenvalue weighted by Gasteiger charge is 2.14. The Labute approximate surface area is 126 Å². The molecule has 0 bridgehead atoms. The van der Waals surface area contributed by atoms with Gasteiger partial charge in [0.05, 0.1) is 4.90 Å². The van der Waals surface area contributed by atoms with E-state index in [1.807, 2.05) is 13.8 Å². The highest BCUT2D eigenvalue weighted by molar-refractivity contribution is 7.90. The van der Waals surface area contributed by atoms with Crippen LogP contribution in [0, 0.1) is 0 Å². The monoisotopic (exact) mass is 307 g/mol. The maximum absolute atomic E-state index is 11.5. The average Bonchev–Trinajstić information content (AvgIpc) is 2.48. The Morgan fingerprint density at radius 3 is 2.05 bits per heavy atom. The second kappa shape index (κ2) is 7.24. The third-order valence-corrected chi connectivity index (χ3v) is 3.94. The summed E-state index contributed by atoms with van der Waals surface area (Å²) in [6, 6.07) is 13.2. The molecule has 0 spiro atoms. The van der Waals surface area contributed by atoms with Crippen LogP contribution in [-0.2, 0) is 9.84 Å². The molecular weight excluding hydrogens is 286 g/mol. The number of benzene rings is 2. The third-order valence-electron chi connectivity index (χ3n) is 2.83. The SMILES string of the molecule is CC.CS(=O)(=O)c1cccc(C(O)c2cccc(N)c2)c1. The van der Waals surface area contributed by atoms with Crippen molar-refractivity contribution in [2.45, 2.75) is 24.8 Å². The largest absolute Gasteiger partial charge is 0.399 e. The number of nitrogen functional groups attached to an aromatic ring is 1. The standard InChI is InChI=1S/C14H15NO3S.C2H6/c1-19(17,18)13-7-3-5-11(9-13)14(16)10-4-2-6-12(15)8-10;1-2/h2-9,14,16H,15H2,1H3;1-2H3. The van der Waals surface area contributed by atoms with Crippen molar-refractivity contribution >= 4 is 15.5 Å². The molecule has 2 rings (SSSR count). The Balaban J connectivity index is 0.00000106. The number of rotatable bonds is 3. The molecular formula is C16H21NO3S. The number of aliphatic hydroxyl groups excluding tert-OH is 1. The van der Waals surface area contributed by atoms with Crippen LogP contribution in [0.2, 0.25) is 0 Å².